The average molecular weight is 287 g/mol. The fourth-order valence-electron chi connectivity index (χ4n) is 1.69. The highest BCUT2D eigenvalue weighted by Gasteiger charge is 2.12. The minimum atomic E-state index is -0.239. The number of nitrogens with zero attached hydrogens (tertiary/aromatic N) is 1. The van der Waals surface area contributed by atoms with Crippen LogP contribution in [0.15, 0.2) is 12.3 Å². The molecule has 6 heteroatoms. The van der Waals surface area contributed by atoms with Crippen molar-refractivity contribution in [3.63, 3.8) is 0 Å². The summed E-state index contributed by atoms with van der Waals surface area (Å²) in [6, 6.07) is 1.63. The molecule has 0 saturated heterocycles. The number of carbonyl (C=O) groups excluding carboxylic acids is 2. The number of carbonyl (C=O) groups is 2. The van der Waals surface area contributed by atoms with Gasteiger partial charge >= 0.3 is 5.97 Å². The van der Waals surface area contributed by atoms with Crippen LogP contribution in [0.5, 0.6) is 0 Å². The second-order valence-corrected chi connectivity index (χ2v) is 4.43. The number of rotatable bonds is 7. The van der Waals surface area contributed by atoms with Gasteiger partial charge in [0, 0.05) is 25.7 Å². The van der Waals surface area contributed by atoms with Crippen LogP contribution in [0.4, 0.5) is 0 Å². The summed E-state index contributed by atoms with van der Waals surface area (Å²) in [4.78, 5) is 23.0. The largest absolute Gasteiger partial charge is 0.466 e. The number of nitrogens with one attached hydrogen (secondary N) is 1. The molecule has 0 aromatic carbocycles. The molecule has 0 aliphatic heterocycles. The molecule has 0 fully saturated rings. The molecule has 0 radical (unpaired) electrons. The third-order valence-electron chi connectivity index (χ3n) is 2.59. The lowest BCUT2D eigenvalue weighted by Gasteiger charge is -2.07. The number of hydrogen-bond donors (Lipinski definition) is 1. The predicted octanol–water partition coefficient (Wildman–Crippen LogP) is 2.23. The van der Waals surface area contributed by atoms with Gasteiger partial charge in [0.05, 0.1) is 11.6 Å². The minimum Gasteiger partial charge on any atom is -0.466 e. The lowest BCUT2D eigenvalue weighted by atomic mass is 10.3. The van der Waals surface area contributed by atoms with Gasteiger partial charge in [-0.15, -0.1) is 0 Å². The van der Waals surface area contributed by atoms with Gasteiger partial charge in [0.2, 0.25) is 0 Å². The van der Waals surface area contributed by atoms with Gasteiger partial charge in [0.15, 0.2) is 0 Å². The van der Waals surface area contributed by atoms with Crippen molar-refractivity contribution in [2.24, 2.45) is 0 Å². The number of halogens is 1. The van der Waals surface area contributed by atoms with E-state index in [2.05, 4.69) is 5.32 Å². The van der Waals surface area contributed by atoms with Crippen LogP contribution in [0.3, 0.4) is 0 Å². The molecule has 0 unspecified atom stereocenters. The number of amides is 1. The summed E-state index contributed by atoms with van der Waals surface area (Å²) in [6.07, 6.45) is 2.59. The van der Waals surface area contributed by atoms with Crippen molar-refractivity contribution in [3.05, 3.63) is 23.0 Å². The van der Waals surface area contributed by atoms with E-state index in [0.29, 0.717) is 43.3 Å². The molecule has 0 saturated carbocycles. The SMILES string of the molecule is CCOC(=O)CCCNC(=O)c1cc(Cl)cn1CC. The fourth-order valence-corrected chi connectivity index (χ4v) is 1.91. The Kier molecular flexibility index (Phi) is 6.42. The molecular weight excluding hydrogens is 268 g/mol. The van der Waals surface area contributed by atoms with Gasteiger partial charge < -0.3 is 14.6 Å². The molecule has 0 aliphatic carbocycles. The smallest absolute Gasteiger partial charge is 0.305 e. The molecule has 19 heavy (non-hydrogen) atoms. The summed E-state index contributed by atoms with van der Waals surface area (Å²) in [5.41, 5.74) is 0.531. The van der Waals surface area contributed by atoms with Gasteiger partial charge in [-0.3, -0.25) is 9.59 Å². The maximum atomic E-state index is 11.9. The molecule has 1 N–H and O–H groups in total. The Morgan fingerprint density at radius 2 is 2.16 bits per heavy atom. The highest BCUT2D eigenvalue weighted by molar-refractivity contribution is 6.31. The van der Waals surface area contributed by atoms with E-state index in [4.69, 9.17) is 16.3 Å². The van der Waals surface area contributed by atoms with Crippen LogP contribution in [-0.4, -0.2) is 29.6 Å². The third kappa shape index (κ3) is 4.95. The first kappa shape index (κ1) is 15.6. The number of aryl methyl sites for hydroxylation is 1. The van der Waals surface area contributed by atoms with Gasteiger partial charge in [-0.05, 0) is 26.3 Å². The maximum Gasteiger partial charge on any atom is 0.305 e. The van der Waals surface area contributed by atoms with E-state index in [-0.39, 0.29) is 11.9 Å². The Hall–Kier alpha value is -1.49. The van der Waals surface area contributed by atoms with Crippen LogP contribution in [-0.2, 0) is 16.1 Å². The molecule has 1 aromatic heterocycles. The summed E-state index contributed by atoms with van der Waals surface area (Å²) >= 11 is 5.86. The quantitative estimate of drug-likeness (QED) is 0.618. The normalized spacial score (nSPS) is 10.3. The van der Waals surface area contributed by atoms with Crippen LogP contribution >= 0.6 is 11.6 Å². The van der Waals surface area contributed by atoms with Crippen LogP contribution in [0.25, 0.3) is 0 Å². The van der Waals surface area contributed by atoms with Crippen molar-refractivity contribution in [1.29, 1.82) is 0 Å². The Morgan fingerprint density at radius 1 is 1.42 bits per heavy atom. The van der Waals surface area contributed by atoms with Crippen molar-refractivity contribution in [2.45, 2.75) is 33.2 Å². The molecular formula is C13H19ClN2O3. The van der Waals surface area contributed by atoms with Gasteiger partial charge in [-0.25, -0.2) is 0 Å². The summed E-state index contributed by atoms with van der Waals surface area (Å²) < 4.78 is 6.58. The predicted molar refractivity (Wildman–Crippen MR) is 73.3 cm³/mol. The molecule has 1 amide bonds. The first-order valence-corrected chi connectivity index (χ1v) is 6.75. The van der Waals surface area contributed by atoms with Gasteiger partial charge in [0.25, 0.3) is 5.91 Å². The number of aromatic nitrogens is 1. The fraction of sp³-hybridized carbons (Fsp3) is 0.538. The summed E-state index contributed by atoms with van der Waals surface area (Å²) in [7, 11) is 0. The van der Waals surface area contributed by atoms with Crippen LogP contribution < -0.4 is 5.32 Å². The Morgan fingerprint density at radius 3 is 2.79 bits per heavy atom. The number of hydrogen-bond acceptors (Lipinski definition) is 3. The van der Waals surface area contributed by atoms with Crippen LogP contribution in [0.2, 0.25) is 5.02 Å². The molecule has 0 aliphatic rings. The second kappa shape index (κ2) is 7.84. The summed E-state index contributed by atoms with van der Waals surface area (Å²) in [6.45, 7) is 5.20. The topological polar surface area (TPSA) is 60.3 Å². The number of esters is 1. The zero-order chi connectivity index (χ0) is 14.3. The second-order valence-electron chi connectivity index (χ2n) is 3.99. The zero-order valence-electron chi connectivity index (χ0n) is 11.2. The standard InChI is InChI=1S/C13H19ClN2O3/c1-3-16-9-10(14)8-11(16)13(18)15-7-5-6-12(17)19-4-2/h8-9H,3-7H2,1-2H3,(H,15,18). The van der Waals surface area contributed by atoms with E-state index in [9.17, 15) is 9.59 Å². The van der Waals surface area contributed by atoms with Crippen molar-refractivity contribution in [3.8, 4) is 0 Å². The molecule has 5 nitrogen and oxygen atoms in total. The highest BCUT2D eigenvalue weighted by atomic mass is 35.5. The van der Waals surface area contributed by atoms with Crippen molar-refractivity contribution in [2.75, 3.05) is 13.2 Å². The first-order valence-electron chi connectivity index (χ1n) is 6.38. The molecule has 1 rings (SSSR count). The molecule has 0 bridgehead atoms. The van der Waals surface area contributed by atoms with Gasteiger partial charge in [-0.2, -0.15) is 0 Å². The number of ether oxygens (including phenoxy) is 1. The molecule has 0 atom stereocenters. The zero-order valence-corrected chi connectivity index (χ0v) is 12.0. The minimum absolute atomic E-state index is 0.183. The van der Waals surface area contributed by atoms with E-state index in [1.54, 1.807) is 23.8 Å². The molecule has 1 heterocycles. The van der Waals surface area contributed by atoms with Crippen LogP contribution in [0, 0.1) is 0 Å². The van der Waals surface area contributed by atoms with E-state index < -0.39 is 0 Å². The Labute approximate surface area is 117 Å². The monoisotopic (exact) mass is 286 g/mol. The summed E-state index contributed by atoms with van der Waals surface area (Å²) in [5, 5.41) is 3.30. The Bertz CT molecular complexity index is 443. The van der Waals surface area contributed by atoms with Crippen molar-refractivity contribution < 1.29 is 14.3 Å². The first-order chi connectivity index (χ1) is 9.08. The van der Waals surface area contributed by atoms with Crippen molar-refractivity contribution >= 4 is 23.5 Å². The summed E-state index contributed by atoms with van der Waals surface area (Å²) in [5.74, 6) is -0.422. The third-order valence-corrected chi connectivity index (χ3v) is 2.79. The van der Waals surface area contributed by atoms with Gasteiger partial charge in [-0.1, -0.05) is 11.6 Å². The van der Waals surface area contributed by atoms with E-state index >= 15 is 0 Å². The molecule has 106 valence electrons. The van der Waals surface area contributed by atoms with Gasteiger partial charge in [0.1, 0.15) is 5.69 Å². The van der Waals surface area contributed by atoms with E-state index in [1.807, 2.05) is 6.92 Å². The lowest BCUT2D eigenvalue weighted by Crippen LogP contribution is -2.27. The van der Waals surface area contributed by atoms with Crippen LogP contribution in [0.1, 0.15) is 37.2 Å². The lowest BCUT2D eigenvalue weighted by molar-refractivity contribution is -0.143. The average Bonchev–Trinajstić information content (AvgIpc) is 2.76. The van der Waals surface area contributed by atoms with E-state index in [1.165, 1.54) is 0 Å². The van der Waals surface area contributed by atoms with E-state index in [0.717, 1.165) is 0 Å². The molecule has 0 spiro atoms. The van der Waals surface area contributed by atoms with Crippen molar-refractivity contribution in [1.82, 2.24) is 9.88 Å². The highest BCUT2D eigenvalue weighted by Crippen LogP contribution is 2.13. The Balaban J connectivity index is 2.37. The molecule has 1 aromatic rings. The maximum absolute atomic E-state index is 11.9.